The lowest BCUT2D eigenvalue weighted by molar-refractivity contribution is -0.118. The largest absolute Gasteiger partial charge is 0.397 e. The summed E-state index contributed by atoms with van der Waals surface area (Å²) in [5.41, 5.74) is 9.44. The number of benzene rings is 3. The van der Waals surface area contributed by atoms with Gasteiger partial charge in [-0.25, -0.2) is 0 Å². The zero-order chi connectivity index (χ0) is 25.8. The van der Waals surface area contributed by atoms with Crippen LogP contribution in [0.2, 0.25) is 5.02 Å². The zero-order valence-corrected chi connectivity index (χ0v) is 21.0. The molecule has 0 spiro atoms. The summed E-state index contributed by atoms with van der Waals surface area (Å²) in [5, 5.41) is 6.43. The number of carbonyl (C=O) groups excluding carboxylic acids is 2. The van der Waals surface area contributed by atoms with E-state index in [9.17, 15) is 9.59 Å². The van der Waals surface area contributed by atoms with Crippen LogP contribution in [-0.2, 0) is 14.3 Å². The van der Waals surface area contributed by atoms with Crippen LogP contribution in [0.4, 0.5) is 17.1 Å². The number of hydrogen-bond donors (Lipinski definition) is 3. The van der Waals surface area contributed by atoms with Crippen LogP contribution in [0.3, 0.4) is 0 Å². The SMILES string of the molecule is Nc1ccccc1NC(=O)C=Cc1ccc(C(CN2C[C@@H]3C[C@H]2CO3)C(=O)Nc2ccc(Cl)cc2)cc1. The van der Waals surface area contributed by atoms with Gasteiger partial charge in [0.15, 0.2) is 0 Å². The molecule has 0 aromatic heterocycles. The molecule has 190 valence electrons. The number of amides is 2. The molecule has 8 heteroatoms. The van der Waals surface area contributed by atoms with Gasteiger partial charge in [-0.15, -0.1) is 0 Å². The van der Waals surface area contributed by atoms with Crippen LogP contribution in [0.15, 0.2) is 78.9 Å². The van der Waals surface area contributed by atoms with Gasteiger partial charge in [-0.05, 0) is 60.0 Å². The van der Waals surface area contributed by atoms with Gasteiger partial charge in [0, 0.05) is 35.9 Å². The van der Waals surface area contributed by atoms with Crippen molar-refractivity contribution in [1.82, 2.24) is 4.90 Å². The molecule has 0 saturated carbocycles. The highest BCUT2D eigenvalue weighted by atomic mass is 35.5. The summed E-state index contributed by atoms with van der Waals surface area (Å²) < 4.78 is 5.74. The Morgan fingerprint density at radius 1 is 1.05 bits per heavy atom. The highest BCUT2D eigenvalue weighted by Gasteiger charge is 2.40. The van der Waals surface area contributed by atoms with Crippen LogP contribution >= 0.6 is 11.6 Å². The van der Waals surface area contributed by atoms with Gasteiger partial charge in [0.25, 0.3) is 0 Å². The number of nitrogen functional groups attached to an aromatic ring is 1. The van der Waals surface area contributed by atoms with Crippen LogP contribution < -0.4 is 16.4 Å². The number of nitrogens with two attached hydrogens (primary N) is 1. The first-order chi connectivity index (χ1) is 17.9. The highest BCUT2D eigenvalue weighted by molar-refractivity contribution is 6.30. The molecule has 3 atom stereocenters. The number of hydrogen-bond acceptors (Lipinski definition) is 5. The fraction of sp³-hybridized carbons (Fsp3) is 0.241. The first kappa shape index (κ1) is 25.0. The third-order valence-corrected chi connectivity index (χ3v) is 7.10. The van der Waals surface area contributed by atoms with Gasteiger partial charge in [-0.1, -0.05) is 48.0 Å². The maximum atomic E-state index is 13.4. The molecule has 0 aliphatic carbocycles. The normalized spacial score (nSPS) is 19.7. The summed E-state index contributed by atoms with van der Waals surface area (Å²) in [5.74, 6) is -0.708. The number of carbonyl (C=O) groups is 2. The Morgan fingerprint density at radius 3 is 2.49 bits per heavy atom. The summed E-state index contributed by atoms with van der Waals surface area (Å²) in [7, 11) is 0. The molecule has 0 radical (unpaired) electrons. The second kappa shape index (κ2) is 11.2. The number of morpholine rings is 1. The number of nitrogens with one attached hydrogen (secondary N) is 2. The van der Waals surface area contributed by atoms with E-state index in [0.29, 0.717) is 34.7 Å². The molecule has 2 heterocycles. The number of rotatable bonds is 8. The Hall–Kier alpha value is -3.65. The topological polar surface area (TPSA) is 96.7 Å². The molecule has 4 N–H and O–H groups in total. The number of para-hydroxylation sites is 2. The molecule has 2 aliphatic heterocycles. The number of nitrogens with zero attached hydrogens (tertiary/aromatic N) is 1. The first-order valence-electron chi connectivity index (χ1n) is 12.3. The predicted molar refractivity (Wildman–Crippen MR) is 148 cm³/mol. The lowest BCUT2D eigenvalue weighted by Gasteiger charge is -2.30. The van der Waals surface area contributed by atoms with Crippen molar-refractivity contribution in [2.45, 2.75) is 24.5 Å². The monoisotopic (exact) mass is 516 g/mol. The second-order valence-corrected chi connectivity index (χ2v) is 9.86. The van der Waals surface area contributed by atoms with Crippen molar-refractivity contribution in [1.29, 1.82) is 0 Å². The third-order valence-electron chi connectivity index (χ3n) is 6.84. The van der Waals surface area contributed by atoms with Crippen LogP contribution in [0.1, 0.15) is 23.5 Å². The van der Waals surface area contributed by atoms with Crippen molar-refractivity contribution in [3.05, 3.63) is 95.0 Å². The molecule has 3 aromatic rings. The van der Waals surface area contributed by atoms with Crippen molar-refractivity contribution in [2.75, 3.05) is 36.1 Å². The van der Waals surface area contributed by atoms with E-state index < -0.39 is 0 Å². The smallest absolute Gasteiger partial charge is 0.248 e. The molecule has 7 nitrogen and oxygen atoms in total. The quantitative estimate of drug-likeness (QED) is 0.296. The maximum Gasteiger partial charge on any atom is 0.248 e. The van der Waals surface area contributed by atoms with E-state index in [0.717, 1.165) is 30.7 Å². The van der Waals surface area contributed by atoms with E-state index >= 15 is 0 Å². The first-order valence-corrected chi connectivity index (χ1v) is 12.7. The minimum absolute atomic E-state index is 0.0749. The average Bonchev–Trinajstić information content (AvgIpc) is 3.53. The van der Waals surface area contributed by atoms with E-state index in [1.54, 1.807) is 42.5 Å². The molecule has 2 amide bonds. The minimum atomic E-state index is -0.364. The van der Waals surface area contributed by atoms with Crippen molar-refractivity contribution in [3.8, 4) is 0 Å². The van der Waals surface area contributed by atoms with Crippen LogP contribution in [0.5, 0.6) is 0 Å². The van der Waals surface area contributed by atoms with Gasteiger partial charge in [-0.3, -0.25) is 14.5 Å². The third kappa shape index (κ3) is 6.20. The zero-order valence-electron chi connectivity index (χ0n) is 20.3. The summed E-state index contributed by atoms with van der Waals surface area (Å²) >= 11 is 6.00. The van der Waals surface area contributed by atoms with Gasteiger partial charge in [0.05, 0.1) is 30.0 Å². The van der Waals surface area contributed by atoms with E-state index in [2.05, 4.69) is 15.5 Å². The standard InChI is InChI=1S/C29H29ClN4O3/c30-21-10-12-22(13-11-21)32-29(36)25(17-34-16-24-15-23(34)18-37-24)20-8-5-19(6-9-20)7-14-28(35)33-27-4-2-1-3-26(27)31/h1-14,23-25H,15-18,31H2,(H,32,36)(H,33,35)/t23-,24-,25?/m0/s1. The van der Waals surface area contributed by atoms with Gasteiger partial charge in [0.1, 0.15) is 0 Å². The van der Waals surface area contributed by atoms with Crippen molar-refractivity contribution >= 4 is 46.6 Å². The Balaban J connectivity index is 1.29. The molecule has 1 unspecified atom stereocenters. The van der Waals surface area contributed by atoms with Crippen LogP contribution in [0.25, 0.3) is 6.08 Å². The average molecular weight is 517 g/mol. The summed E-state index contributed by atoms with van der Waals surface area (Å²) in [6.45, 7) is 2.17. The molecule has 5 rings (SSSR count). The number of likely N-dealkylation sites (tertiary alicyclic amines) is 1. The molecule has 3 aromatic carbocycles. The number of fused-ring (bicyclic) bond motifs is 2. The molecular formula is C29H29ClN4O3. The second-order valence-electron chi connectivity index (χ2n) is 9.42. The Morgan fingerprint density at radius 2 is 1.81 bits per heavy atom. The Bertz CT molecular complexity index is 1290. The van der Waals surface area contributed by atoms with E-state index in [-0.39, 0.29) is 23.8 Å². The van der Waals surface area contributed by atoms with Gasteiger partial charge < -0.3 is 21.1 Å². The molecule has 37 heavy (non-hydrogen) atoms. The van der Waals surface area contributed by atoms with E-state index in [1.165, 1.54) is 6.08 Å². The fourth-order valence-corrected chi connectivity index (χ4v) is 4.96. The van der Waals surface area contributed by atoms with E-state index in [1.807, 2.05) is 36.4 Å². The summed E-state index contributed by atoms with van der Waals surface area (Å²) in [4.78, 5) is 28.1. The number of ether oxygens (including phenoxy) is 1. The van der Waals surface area contributed by atoms with Crippen LogP contribution in [0, 0.1) is 0 Å². The maximum absolute atomic E-state index is 13.4. The molecular weight excluding hydrogens is 488 g/mol. The summed E-state index contributed by atoms with van der Waals surface area (Å²) in [6, 6.07) is 22.3. The van der Waals surface area contributed by atoms with Crippen molar-refractivity contribution < 1.29 is 14.3 Å². The molecule has 2 bridgehead atoms. The number of halogens is 1. The van der Waals surface area contributed by atoms with Crippen LogP contribution in [-0.4, -0.2) is 48.6 Å². The summed E-state index contributed by atoms with van der Waals surface area (Å²) in [6.07, 6.45) is 4.48. The fourth-order valence-electron chi connectivity index (χ4n) is 4.84. The molecule has 2 saturated heterocycles. The van der Waals surface area contributed by atoms with Crippen molar-refractivity contribution in [2.24, 2.45) is 0 Å². The van der Waals surface area contributed by atoms with E-state index in [4.69, 9.17) is 22.1 Å². The Labute approximate surface area is 221 Å². The van der Waals surface area contributed by atoms with Crippen molar-refractivity contribution in [3.63, 3.8) is 0 Å². The van der Waals surface area contributed by atoms with Gasteiger partial charge in [0.2, 0.25) is 11.8 Å². The highest BCUT2D eigenvalue weighted by Crippen LogP contribution is 2.31. The number of anilines is 3. The predicted octanol–water partition coefficient (Wildman–Crippen LogP) is 4.77. The molecule has 2 fully saturated rings. The lowest BCUT2D eigenvalue weighted by Crippen LogP contribution is -2.42. The van der Waals surface area contributed by atoms with Gasteiger partial charge >= 0.3 is 0 Å². The Kier molecular flexibility index (Phi) is 7.55. The van der Waals surface area contributed by atoms with Gasteiger partial charge in [-0.2, -0.15) is 0 Å². The molecule has 2 aliphatic rings. The lowest BCUT2D eigenvalue weighted by atomic mass is 9.95. The minimum Gasteiger partial charge on any atom is -0.397 e.